The van der Waals surface area contributed by atoms with Crippen LogP contribution in [0.4, 0.5) is 4.79 Å². The standard InChI is InChI=1S/C16H21ClN2O3/c1-16(2,3)22-15(20)19-10(9-18)8-12-11-6-4-5-7-13(11)21-14(12)17/h4-7,10H,8-9,18H2,1-3H3,(H,19,20). The van der Waals surface area contributed by atoms with Gasteiger partial charge >= 0.3 is 6.09 Å². The third-order valence-electron chi connectivity index (χ3n) is 3.10. The Morgan fingerprint density at radius 1 is 1.41 bits per heavy atom. The van der Waals surface area contributed by atoms with Crippen LogP contribution in [0.2, 0.25) is 5.22 Å². The summed E-state index contributed by atoms with van der Waals surface area (Å²) >= 11 is 6.16. The van der Waals surface area contributed by atoms with Gasteiger partial charge in [0, 0.05) is 23.5 Å². The number of amides is 1. The predicted molar refractivity (Wildman–Crippen MR) is 87.1 cm³/mol. The molecule has 1 amide bonds. The Bertz CT molecular complexity index is 661. The highest BCUT2D eigenvalue weighted by molar-refractivity contribution is 6.30. The number of alkyl carbamates (subject to hydrolysis) is 1. The molecule has 2 aromatic rings. The van der Waals surface area contributed by atoms with Crippen molar-refractivity contribution in [3.8, 4) is 0 Å². The quantitative estimate of drug-likeness (QED) is 0.902. The Morgan fingerprint density at radius 2 is 2.09 bits per heavy atom. The van der Waals surface area contributed by atoms with E-state index < -0.39 is 11.7 Å². The van der Waals surface area contributed by atoms with Gasteiger partial charge in [-0.3, -0.25) is 0 Å². The van der Waals surface area contributed by atoms with Crippen LogP contribution in [0.5, 0.6) is 0 Å². The number of para-hydroxylation sites is 1. The van der Waals surface area contributed by atoms with Gasteiger partial charge < -0.3 is 20.2 Å². The Balaban J connectivity index is 2.12. The lowest BCUT2D eigenvalue weighted by atomic mass is 10.1. The highest BCUT2D eigenvalue weighted by Gasteiger charge is 2.21. The number of fused-ring (bicyclic) bond motifs is 1. The van der Waals surface area contributed by atoms with Crippen molar-refractivity contribution in [2.75, 3.05) is 6.54 Å². The van der Waals surface area contributed by atoms with Crippen LogP contribution in [0, 0.1) is 0 Å². The molecule has 1 unspecified atom stereocenters. The fraction of sp³-hybridized carbons (Fsp3) is 0.438. The Kier molecular flexibility index (Phi) is 4.98. The van der Waals surface area contributed by atoms with E-state index in [4.69, 9.17) is 26.5 Å². The third kappa shape index (κ3) is 4.15. The smallest absolute Gasteiger partial charge is 0.407 e. The molecule has 6 heteroatoms. The van der Waals surface area contributed by atoms with Gasteiger partial charge in [0.05, 0.1) is 0 Å². The summed E-state index contributed by atoms with van der Waals surface area (Å²) in [5, 5.41) is 4.02. The fourth-order valence-electron chi connectivity index (χ4n) is 2.17. The number of carbonyl (C=O) groups is 1. The average molecular weight is 325 g/mol. The second-order valence-electron chi connectivity index (χ2n) is 6.13. The zero-order valence-electron chi connectivity index (χ0n) is 13.0. The Hall–Kier alpha value is -1.72. The number of hydrogen-bond donors (Lipinski definition) is 2. The maximum atomic E-state index is 11.9. The van der Waals surface area contributed by atoms with Gasteiger partial charge in [-0.1, -0.05) is 18.2 Å². The molecule has 1 heterocycles. The Morgan fingerprint density at radius 3 is 2.73 bits per heavy atom. The lowest BCUT2D eigenvalue weighted by molar-refractivity contribution is 0.0506. The molecule has 0 spiro atoms. The van der Waals surface area contributed by atoms with E-state index in [1.807, 2.05) is 45.0 Å². The van der Waals surface area contributed by atoms with E-state index in [2.05, 4.69) is 5.32 Å². The monoisotopic (exact) mass is 324 g/mol. The summed E-state index contributed by atoms with van der Waals surface area (Å²) in [6.45, 7) is 5.70. The van der Waals surface area contributed by atoms with Gasteiger partial charge in [0.2, 0.25) is 0 Å². The molecule has 120 valence electrons. The minimum atomic E-state index is -0.552. The Labute approximate surface area is 134 Å². The van der Waals surface area contributed by atoms with Crippen molar-refractivity contribution < 1.29 is 13.9 Å². The first-order valence-electron chi connectivity index (χ1n) is 7.15. The molecule has 0 fully saturated rings. The zero-order valence-corrected chi connectivity index (χ0v) is 13.7. The highest BCUT2D eigenvalue weighted by atomic mass is 35.5. The van der Waals surface area contributed by atoms with Crippen molar-refractivity contribution in [1.82, 2.24) is 5.32 Å². The van der Waals surface area contributed by atoms with Crippen LogP contribution in [0.25, 0.3) is 11.0 Å². The SMILES string of the molecule is CC(C)(C)OC(=O)NC(CN)Cc1c(Cl)oc2ccccc12. The minimum absolute atomic E-state index is 0.273. The van der Waals surface area contributed by atoms with Crippen molar-refractivity contribution in [3.63, 3.8) is 0 Å². The summed E-state index contributed by atoms with van der Waals surface area (Å²) in [6.07, 6.45) is -0.0159. The number of nitrogens with one attached hydrogen (secondary N) is 1. The summed E-state index contributed by atoms with van der Waals surface area (Å²) in [4.78, 5) is 11.9. The summed E-state index contributed by atoms with van der Waals surface area (Å²) in [6, 6.07) is 7.29. The van der Waals surface area contributed by atoms with E-state index in [1.165, 1.54) is 0 Å². The predicted octanol–water partition coefficient (Wildman–Crippen LogP) is 3.48. The molecule has 5 nitrogen and oxygen atoms in total. The maximum Gasteiger partial charge on any atom is 0.407 e. The van der Waals surface area contributed by atoms with Gasteiger partial charge in [-0.25, -0.2) is 4.79 Å². The van der Waals surface area contributed by atoms with Gasteiger partial charge in [-0.15, -0.1) is 0 Å². The van der Waals surface area contributed by atoms with Crippen LogP contribution < -0.4 is 11.1 Å². The maximum absolute atomic E-state index is 11.9. The molecule has 1 aromatic heterocycles. The third-order valence-corrected chi connectivity index (χ3v) is 3.41. The lowest BCUT2D eigenvalue weighted by Gasteiger charge is -2.23. The molecule has 0 radical (unpaired) electrons. The van der Waals surface area contributed by atoms with Gasteiger partial charge in [-0.05, 0) is 44.9 Å². The molecule has 1 atom stereocenters. The van der Waals surface area contributed by atoms with Crippen molar-refractivity contribution in [3.05, 3.63) is 35.0 Å². The van der Waals surface area contributed by atoms with Gasteiger partial charge in [-0.2, -0.15) is 0 Å². The van der Waals surface area contributed by atoms with Crippen LogP contribution in [0.15, 0.2) is 28.7 Å². The summed E-state index contributed by atoms with van der Waals surface area (Å²) in [5.41, 5.74) is 6.75. The summed E-state index contributed by atoms with van der Waals surface area (Å²) < 4.78 is 10.8. The van der Waals surface area contributed by atoms with Crippen molar-refractivity contribution in [2.45, 2.75) is 38.8 Å². The number of halogens is 1. The molecule has 0 aliphatic rings. The van der Waals surface area contributed by atoms with Crippen LogP contribution in [0.1, 0.15) is 26.3 Å². The van der Waals surface area contributed by atoms with Gasteiger partial charge in [0.25, 0.3) is 0 Å². The van der Waals surface area contributed by atoms with E-state index in [1.54, 1.807) is 0 Å². The van der Waals surface area contributed by atoms with Gasteiger partial charge in [0.1, 0.15) is 11.2 Å². The van der Waals surface area contributed by atoms with E-state index in [9.17, 15) is 4.79 Å². The number of hydrogen-bond acceptors (Lipinski definition) is 4. The average Bonchev–Trinajstić information content (AvgIpc) is 2.72. The second kappa shape index (κ2) is 6.58. The first-order valence-corrected chi connectivity index (χ1v) is 7.53. The fourth-order valence-corrected chi connectivity index (χ4v) is 2.44. The zero-order chi connectivity index (χ0) is 16.3. The molecule has 0 bridgehead atoms. The molecular formula is C16H21ClN2O3. The topological polar surface area (TPSA) is 77.5 Å². The van der Waals surface area contributed by atoms with Crippen LogP contribution in [-0.4, -0.2) is 24.3 Å². The molecule has 22 heavy (non-hydrogen) atoms. The normalized spacial score (nSPS) is 13.1. The van der Waals surface area contributed by atoms with E-state index >= 15 is 0 Å². The number of benzene rings is 1. The number of rotatable bonds is 4. The minimum Gasteiger partial charge on any atom is -0.444 e. The van der Waals surface area contributed by atoms with Crippen LogP contribution in [0.3, 0.4) is 0 Å². The molecule has 0 saturated heterocycles. The first kappa shape index (κ1) is 16.6. The van der Waals surface area contributed by atoms with E-state index in [0.29, 0.717) is 11.6 Å². The number of nitrogens with two attached hydrogens (primary N) is 1. The van der Waals surface area contributed by atoms with E-state index in [0.717, 1.165) is 16.5 Å². The molecular weight excluding hydrogens is 304 g/mol. The highest BCUT2D eigenvalue weighted by Crippen LogP contribution is 2.30. The lowest BCUT2D eigenvalue weighted by Crippen LogP contribution is -2.44. The molecule has 0 aliphatic carbocycles. The van der Waals surface area contributed by atoms with Crippen LogP contribution >= 0.6 is 11.6 Å². The molecule has 0 saturated carbocycles. The summed E-state index contributed by atoms with van der Waals surface area (Å²) in [5.74, 6) is 0. The number of carbonyl (C=O) groups excluding carboxylic acids is 1. The molecule has 0 aliphatic heterocycles. The first-order chi connectivity index (χ1) is 10.3. The summed E-state index contributed by atoms with van der Waals surface area (Å²) in [7, 11) is 0. The van der Waals surface area contributed by atoms with Crippen molar-refractivity contribution in [2.24, 2.45) is 5.73 Å². The molecule has 3 N–H and O–H groups in total. The largest absolute Gasteiger partial charge is 0.444 e. The van der Waals surface area contributed by atoms with E-state index in [-0.39, 0.29) is 12.6 Å². The van der Waals surface area contributed by atoms with Crippen LogP contribution in [-0.2, 0) is 11.2 Å². The number of furan rings is 1. The molecule has 1 aromatic carbocycles. The van der Waals surface area contributed by atoms with Gasteiger partial charge in [0.15, 0.2) is 5.22 Å². The molecule has 2 rings (SSSR count). The number of ether oxygens (including phenoxy) is 1. The second-order valence-corrected chi connectivity index (χ2v) is 6.48. The van der Waals surface area contributed by atoms with Crippen molar-refractivity contribution in [1.29, 1.82) is 0 Å². The van der Waals surface area contributed by atoms with Crippen molar-refractivity contribution >= 4 is 28.7 Å².